The van der Waals surface area contributed by atoms with Crippen molar-refractivity contribution in [2.24, 2.45) is 5.92 Å². The third kappa shape index (κ3) is 4.48. The molecule has 4 rings (SSSR count). The maximum Gasteiger partial charge on any atom is 0.253 e. The molecule has 31 heavy (non-hydrogen) atoms. The molecule has 1 saturated carbocycles. The molecule has 3 amide bonds. The molecule has 2 aromatic rings. The van der Waals surface area contributed by atoms with Crippen molar-refractivity contribution >= 4 is 29.1 Å². The first kappa shape index (κ1) is 21.1. The van der Waals surface area contributed by atoms with Crippen LogP contribution in [0.5, 0.6) is 0 Å². The van der Waals surface area contributed by atoms with Crippen LogP contribution in [0.3, 0.4) is 0 Å². The van der Waals surface area contributed by atoms with Crippen LogP contribution in [0.2, 0.25) is 0 Å². The number of aryl methyl sites for hydroxylation is 1. The third-order valence-electron chi connectivity index (χ3n) is 6.48. The lowest BCUT2D eigenvalue weighted by atomic mass is 10.1. The minimum Gasteiger partial charge on any atom is -0.349 e. The molecule has 2 aromatic carbocycles. The fourth-order valence-corrected chi connectivity index (χ4v) is 4.50. The minimum absolute atomic E-state index is 0.0545. The van der Waals surface area contributed by atoms with Crippen LogP contribution in [0, 0.1) is 19.8 Å². The van der Waals surface area contributed by atoms with E-state index in [1.54, 1.807) is 29.2 Å². The number of carbonyl (C=O) groups is 3. The zero-order valence-corrected chi connectivity index (χ0v) is 18.1. The quantitative estimate of drug-likeness (QED) is 0.770. The van der Waals surface area contributed by atoms with Crippen LogP contribution < -0.4 is 15.5 Å². The Morgan fingerprint density at radius 2 is 1.74 bits per heavy atom. The smallest absolute Gasteiger partial charge is 0.253 e. The van der Waals surface area contributed by atoms with Crippen molar-refractivity contribution in [1.82, 2.24) is 5.32 Å². The molecule has 6 nitrogen and oxygen atoms in total. The molecule has 1 heterocycles. The van der Waals surface area contributed by atoms with E-state index >= 15 is 0 Å². The Bertz CT molecular complexity index is 1010. The van der Waals surface area contributed by atoms with Gasteiger partial charge in [0.2, 0.25) is 11.8 Å². The summed E-state index contributed by atoms with van der Waals surface area (Å²) in [4.78, 5) is 40.1. The van der Waals surface area contributed by atoms with Crippen LogP contribution in [0.4, 0.5) is 11.4 Å². The summed E-state index contributed by atoms with van der Waals surface area (Å²) >= 11 is 0. The number of nitrogens with zero attached hydrogens (tertiary/aromatic N) is 1. The van der Waals surface area contributed by atoms with Crippen molar-refractivity contribution in [1.29, 1.82) is 0 Å². The van der Waals surface area contributed by atoms with Crippen LogP contribution in [-0.4, -0.2) is 30.3 Å². The maximum absolute atomic E-state index is 13.0. The van der Waals surface area contributed by atoms with Crippen molar-refractivity contribution in [2.45, 2.75) is 52.0 Å². The van der Waals surface area contributed by atoms with Gasteiger partial charge in [0.05, 0.1) is 17.2 Å². The predicted molar refractivity (Wildman–Crippen MR) is 121 cm³/mol. The van der Waals surface area contributed by atoms with Gasteiger partial charge in [0.1, 0.15) is 0 Å². The van der Waals surface area contributed by atoms with Gasteiger partial charge in [-0.3, -0.25) is 14.4 Å². The summed E-state index contributed by atoms with van der Waals surface area (Å²) in [7, 11) is 0. The Balaban J connectivity index is 1.46. The number of anilines is 2. The Kier molecular flexibility index (Phi) is 6.07. The Labute approximate surface area is 183 Å². The number of hydrogen-bond donors (Lipinski definition) is 2. The van der Waals surface area contributed by atoms with Gasteiger partial charge in [0, 0.05) is 24.7 Å². The molecule has 0 aromatic heterocycles. The number of rotatable bonds is 5. The molecule has 1 saturated heterocycles. The number of hydrogen-bond acceptors (Lipinski definition) is 3. The van der Waals surface area contributed by atoms with Gasteiger partial charge in [-0.05, 0) is 56.0 Å². The Morgan fingerprint density at radius 1 is 1.00 bits per heavy atom. The summed E-state index contributed by atoms with van der Waals surface area (Å²) in [5.74, 6) is -0.913. The highest BCUT2D eigenvalue weighted by molar-refractivity contribution is 6.07. The minimum atomic E-state index is -0.460. The average molecular weight is 420 g/mol. The Morgan fingerprint density at radius 3 is 2.52 bits per heavy atom. The van der Waals surface area contributed by atoms with E-state index in [-0.39, 0.29) is 30.2 Å². The second kappa shape index (κ2) is 8.92. The van der Waals surface area contributed by atoms with Gasteiger partial charge >= 0.3 is 0 Å². The third-order valence-corrected chi connectivity index (χ3v) is 6.48. The molecule has 162 valence electrons. The van der Waals surface area contributed by atoms with Crippen LogP contribution >= 0.6 is 0 Å². The number of nitrogens with one attached hydrogen (secondary N) is 2. The van der Waals surface area contributed by atoms with E-state index < -0.39 is 5.92 Å². The van der Waals surface area contributed by atoms with Gasteiger partial charge in [-0.15, -0.1) is 0 Å². The Hall–Kier alpha value is -3.15. The van der Waals surface area contributed by atoms with Gasteiger partial charge in [0.15, 0.2) is 0 Å². The summed E-state index contributed by atoms with van der Waals surface area (Å²) < 4.78 is 0. The molecular weight excluding hydrogens is 390 g/mol. The largest absolute Gasteiger partial charge is 0.349 e. The van der Waals surface area contributed by atoms with Gasteiger partial charge in [-0.2, -0.15) is 0 Å². The van der Waals surface area contributed by atoms with Crippen LogP contribution in [-0.2, 0) is 9.59 Å². The molecule has 0 radical (unpaired) electrons. The zero-order valence-electron chi connectivity index (χ0n) is 18.1. The number of benzene rings is 2. The first-order valence-corrected chi connectivity index (χ1v) is 11.0. The summed E-state index contributed by atoms with van der Waals surface area (Å²) in [5, 5.41) is 5.97. The standard InChI is InChI=1S/C25H29N3O3/c1-16-8-7-13-22(17(16)2)28-15-18(14-23(28)29)24(30)27-21-12-6-5-11-20(21)25(31)26-19-9-3-4-10-19/h5-8,11-13,18-19H,3-4,9-10,14-15H2,1-2H3,(H,26,31)(H,27,30)/t18-/m0/s1. The van der Waals surface area contributed by atoms with Crippen molar-refractivity contribution in [3.05, 3.63) is 59.2 Å². The highest BCUT2D eigenvalue weighted by atomic mass is 16.2. The van der Waals surface area contributed by atoms with Gasteiger partial charge in [-0.1, -0.05) is 37.1 Å². The highest BCUT2D eigenvalue weighted by Crippen LogP contribution is 2.30. The van der Waals surface area contributed by atoms with E-state index in [0.29, 0.717) is 17.8 Å². The van der Waals surface area contributed by atoms with E-state index in [1.165, 1.54) is 0 Å². The summed E-state index contributed by atoms with van der Waals surface area (Å²) in [6.45, 7) is 4.34. The fraction of sp³-hybridized carbons (Fsp3) is 0.400. The topological polar surface area (TPSA) is 78.5 Å². The van der Waals surface area contributed by atoms with Crippen molar-refractivity contribution in [2.75, 3.05) is 16.8 Å². The van der Waals surface area contributed by atoms with Crippen molar-refractivity contribution in [3.8, 4) is 0 Å². The normalized spacial score (nSPS) is 19.0. The van der Waals surface area contributed by atoms with E-state index in [9.17, 15) is 14.4 Å². The van der Waals surface area contributed by atoms with Gasteiger partial charge in [-0.25, -0.2) is 0 Å². The van der Waals surface area contributed by atoms with E-state index in [2.05, 4.69) is 10.6 Å². The van der Waals surface area contributed by atoms with Crippen molar-refractivity contribution in [3.63, 3.8) is 0 Å². The number of carbonyl (C=O) groups excluding carboxylic acids is 3. The molecule has 0 unspecified atom stereocenters. The molecular formula is C25H29N3O3. The molecule has 1 aliphatic heterocycles. The molecule has 0 spiro atoms. The molecule has 2 fully saturated rings. The second-order valence-electron chi connectivity index (χ2n) is 8.61. The van der Waals surface area contributed by atoms with Crippen molar-refractivity contribution < 1.29 is 14.4 Å². The lowest BCUT2D eigenvalue weighted by molar-refractivity contribution is -0.122. The van der Waals surface area contributed by atoms with E-state index in [0.717, 1.165) is 42.5 Å². The lowest BCUT2D eigenvalue weighted by Crippen LogP contribution is -2.34. The summed E-state index contributed by atoms with van der Waals surface area (Å²) in [6.07, 6.45) is 4.43. The van der Waals surface area contributed by atoms with E-state index in [1.807, 2.05) is 32.0 Å². The van der Waals surface area contributed by atoms with Crippen LogP contribution in [0.15, 0.2) is 42.5 Å². The van der Waals surface area contributed by atoms with Gasteiger partial charge < -0.3 is 15.5 Å². The first-order valence-electron chi connectivity index (χ1n) is 11.0. The lowest BCUT2D eigenvalue weighted by Gasteiger charge is -2.20. The first-order chi connectivity index (χ1) is 14.9. The molecule has 2 aliphatic rings. The monoisotopic (exact) mass is 419 g/mol. The average Bonchev–Trinajstić information content (AvgIpc) is 3.40. The fourth-order valence-electron chi connectivity index (χ4n) is 4.50. The zero-order chi connectivity index (χ0) is 22.0. The number of para-hydroxylation sites is 1. The molecule has 1 atom stereocenters. The highest BCUT2D eigenvalue weighted by Gasteiger charge is 2.36. The molecule has 0 bridgehead atoms. The summed E-state index contributed by atoms with van der Waals surface area (Å²) in [6, 6.07) is 13.1. The molecule has 6 heteroatoms. The summed E-state index contributed by atoms with van der Waals surface area (Å²) in [5.41, 5.74) is 3.96. The second-order valence-corrected chi connectivity index (χ2v) is 8.61. The van der Waals surface area contributed by atoms with Gasteiger partial charge in [0.25, 0.3) is 5.91 Å². The van der Waals surface area contributed by atoms with E-state index in [4.69, 9.17) is 0 Å². The predicted octanol–water partition coefficient (Wildman–Crippen LogP) is 3.97. The number of amides is 3. The van der Waals surface area contributed by atoms with Crippen LogP contribution in [0.25, 0.3) is 0 Å². The molecule has 1 aliphatic carbocycles. The molecule has 2 N–H and O–H groups in total. The SMILES string of the molecule is Cc1cccc(N2C[C@@H](C(=O)Nc3ccccc3C(=O)NC3CCCC3)CC2=O)c1C. The van der Waals surface area contributed by atoms with Crippen LogP contribution in [0.1, 0.15) is 53.6 Å². The maximum atomic E-state index is 13.0.